The van der Waals surface area contributed by atoms with Gasteiger partial charge in [-0.15, -0.1) is 0 Å². The molecule has 1 heterocycles. The third-order valence-electron chi connectivity index (χ3n) is 12.7. The van der Waals surface area contributed by atoms with Crippen molar-refractivity contribution in [1.82, 2.24) is 47.4 Å². The number of aliphatic hydroxyl groups is 2. The number of carbonyl (C=O) groups excluding carboxylic acids is 11. The molecule has 0 aromatic rings. The SMILES string of the molecule is C/C=C1\NC(=O)C(CN)NC(=O)C(CO)NC(=O)C(NC(=O)C(CS(=O)(=O)O)NC(=O)CC(=O)CCCCCCCCC(C)CC)C(C)OC(=O)CN(C)C(=O)C(CCCCN)NC(=O)C(CO)NC(=O)C(C(C)C)NC1=O. The number of aliphatic hydroxyl groups excluding tert-OH is 2. The van der Waals surface area contributed by atoms with Gasteiger partial charge in [0.1, 0.15) is 72.2 Å². The number of rotatable bonds is 25. The highest BCUT2D eigenvalue weighted by Gasteiger charge is 2.38. The van der Waals surface area contributed by atoms with Crippen LogP contribution < -0.4 is 54.0 Å². The summed E-state index contributed by atoms with van der Waals surface area (Å²) in [5.74, 6) is -13.7. The molecule has 444 valence electrons. The lowest BCUT2D eigenvalue weighted by atomic mass is 9.99. The van der Waals surface area contributed by atoms with Crippen molar-refractivity contribution < 1.29 is 80.7 Å². The largest absolute Gasteiger partial charge is 0.459 e. The van der Waals surface area contributed by atoms with E-state index in [0.29, 0.717) is 25.2 Å². The number of esters is 1. The molecular formula is C49H85N11O17S. The third-order valence-corrected chi connectivity index (χ3v) is 13.4. The van der Waals surface area contributed by atoms with Crippen LogP contribution in [0.5, 0.6) is 0 Å². The normalized spacial score (nSPS) is 23.5. The number of hydrogen-bond acceptors (Lipinski definition) is 18. The zero-order valence-electron chi connectivity index (χ0n) is 45.9. The average molecular weight is 1130 g/mol. The zero-order chi connectivity index (χ0) is 59.3. The number of allylic oxidation sites excluding steroid dienone is 1. The van der Waals surface area contributed by atoms with Crippen molar-refractivity contribution in [3.8, 4) is 0 Å². The summed E-state index contributed by atoms with van der Waals surface area (Å²) in [4.78, 5) is 150. The second-order valence-electron chi connectivity index (χ2n) is 19.6. The number of nitrogens with two attached hydrogens (primary N) is 2. The van der Waals surface area contributed by atoms with Crippen molar-refractivity contribution in [3.63, 3.8) is 0 Å². The summed E-state index contributed by atoms with van der Waals surface area (Å²) in [5, 5.41) is 38.5. The van der Waals surface area contributed by atoms with E-state index in [1.807, 2.05) is 0 Å². The van der Waals surface area contributed by atoms with E-state index in [1.165, 1.54) is 20.8 Å². The van der Waals surface area contributed by atoms with Crippen LogP contribution in [0.4, 0.5) is 0 Å². The maximum Gasteiger partial charge on any atom is 0.325 e. The second kappa shape index (κ2) is 36.1. The van der Waals surface area contributed by atoms with Gasteiger partial charge in [0.05, 0.1) is 19.6 Å². The lowest BCUT2D eigenvalue weighted by molar-refractivity contribution is -0.156. The summed E-state index contributed by atoms with van der Waals surface area (Å²) in [5.41, 5.74) is 11.0. The van der Waals surface area contributed by atoms with Crippen LogP contribution in [0.1, 0.15) is 125 Å². The van der Waals surface area contributed by atoms with Crippen LogP contribution >= 0.6 is 0 Å². The monoisotopic (exact) mass is 1130 g/mol. The third kappa shape index (κ3) is 26.0. The zero-order valence-corrected chi connectivity index (χ0v) is 46.7. The van der Waals surface area contributed by atoms with Crippen molar-refractivity contribution in [3.05, 3.63) is 11.8 Å². The molecule has 1 rings (SSSR count). The maximum absolute atomic E-state index is 14.1. The second-order valence-corrected chi connectivity index (χ2v) is 21.1. The van der Waals surface area contributed by atoms with Gasteiger partial charge in [0, 0.05) is 20.0 Å². The van der Waals surface area contributed by atoms with Gasteiger partial charge in [-0.1, -0.05) is 78.7 Å². The molecule has 1 fully saturated rings. The minimum atomic E-state index is -5.10. The first-order chi connectivity index (χ1) is 36.7. The number of carbonyl (C=O) groups is 11. The number of nitrogens with one attached hydrogen (secondary N) is 8. The Balaban J connectivity index is 3.70. The van der Waals surface area contributed by atoms with Gasteiger partial charge in [-0.2, -0.15) is 8.42 Å². The van der Waals surface area contributed by atoms with E-state index in [9.17, 15) is 75.9 Å². The lowest BCUT2D eigenvalue weighted by Gasteiger charge is -2.29. The van der Waals surface area contributed by atoms with E-state index in [0.717, 1.165) is 63.5 Å². The summed E-state index contributed by atoms with van der Waals surface area (Å²) in [7, 11) is -3.97. The molecule has 15 N–H and O–H groups in total. The Kier molecular flexibility index (Phi) is 32.3. The van der Waals surface area contributed by atoms with Gasteiger partial charge in [-0.25, -0.2) is 0 Å². The Hall–Kier alpha value is -6.14. The van der Waals surface area contributed by atoms with E-state index in [-0.39, 0.29) is 25.8 Å². The number of ketones is 1. The number of unbranched alkanes of at least 4 members (excludes halogenated alkanes) is 6. The molecule has 0 bridgehead atoms. The quantitative estimate of drug-likeness (QED) is 0.0139. The fourth-order valence-electron chi connectivity index (χ4n) is 7.80. The van der Waals surface area contributed by atoms with E-state index >= 15 is 0 Å². The Morgan fingerprint density at radius 3 is 1.88 bits per heavy atom. The van der Waals surface area contributed by atoms with Gasteiger partial charge in [0.25, 0.3) is 16.0 Å². The van der Waals surface area contributed by atoms with Crippen LogP contribution in [0.15, 0.2) is 11.8 Å². The number of nitrogens with zero attached hydrogens (tertiary/aromatic N) is 1. The maximum atomic E-state index is 14.1. The molecule has 1 saturated heterocycles. The number of amides is 9. The molecule has 1 aliphatic rings. The standard InChI is InChI=1S/C49H85N11O17S/c1-8-29(5)18-14-12-10-11-13-15-19-31(63)22-38(64)52-37(27-78(74,75)76)46(70)59-41-30(6)77-39(65)24-60(7)49(73)33(20-16-17-21-50)54-44(68)35(25-61)56-47(71)40(28(3)4)58-42(66)32(9-2)53-43(67)34(23-51)55-45(69)36(26-62)57-48(41)72/h9,28-30,33-37,40-41,61-62H,8,10-27,50-51H2,1-7H3,(H,52,64)(H,53,67)(H,54,68)(H,55,69)(H,56,71)(H,57,72)(H,58,66)(H,59,70)(H,74,75,76)/b32-9-. The summed E-state index contributed by atoms with van der Waals surface area (Å²) < 4.78 is 39.5. The predicted molar refractivity (Wildman–Crippen MR) is 282 cm³/mol. The topological polar surface area (TPSA) is 443 Å². The Morgan fingerprint density at radius 2 is 1.35 bits per heavy atom. The molecule has 9 amide bonds. The predicted octanol–water partition coefficient (Wildman–Crippen LogP) is -3.45. The van der Waals surface area contributed by atoms with E-state index in [2.05, 4.69) is 56.4 Å². The number of Topliss-reactive ketones (excluding diaryl/α,β-unsaturated/α-hetero) is 1. The van der Waals surface area contributed by atoms with Crippen LogP contribution in [-0.4, -0.2) is 187 Å². The highest BCUT2D eigenvalue weighted by Crippen LogP contribution is 2.15. The molecule has 9 atom stereocenters. The van der Waals surface area contributed by atoms with Crippen LogP contribution in [-0.2, 0) is 67.6 Å². The highest BCUT2D eigenvalue weighted by atomic mass is 32.2. The number of hydrogen-bond donors (Lipinski definition) is 13. The van der Waals surface area contributed by atoms with Crippen LogP contribution in [0.3, 0.4) is 0 Å². The van der Waals surface area contributed by atoms with Crippen LogP contribution in [0.25, 0.3) is 0 Å². The number of likely N-dealkylation sites (N-methyl/N-ethyl adjacent to an activating group) is 1. The van der Waals surface area contributed by atoms with Gasteiger partial charge in [-0.3, -0.25) is 57.3 Å². The molecule has 0 spiro atoms. The fourth-order valence-corrected chi connectivity index (χ4v) is 8.46. The first kappa shape index (κ1) is 69.9. The van der Waals surface area contributed by atoms with Gasteiger partial charge >= 0.3 is 5.97 Å². The van der Waals surface area contributed by atoms with Crippen LogP contribution in [0, 0.1) is 11.8 Å². The van der Waals surface area contributed by atoms with Crippen molar-refractivity contribution in [2.24, 2.45) is 23.3 Å². The van der Waals surface area contributed by atoms with Gasteiger partial charge in [0.2, 0.25) is 47.3 Å². The fraction of sp³-hybridized carbons (Fsp3) is 0.735. The molecule has 29 heteroatoms. The van der Waals surface area contributed by atoms with Crippen molar-refractivity contribution in [2.75, 3.05) is 45.6 Å². The molecule has 0 aliphatic carbocycles. The van der Waals surface area contributed by atoms with Crippen molar-refractivity contribution in [2.45, 2.75) is 173 Å². The Bertz CT molecular complexity index is 2200. The molecule has 0 radical (unpaired) electrons. The molecule has 28 nitrogen and oxygen atoms in total. The average Bonchev–Trinajstić information content (AvgIpc) is 3.37. The van der Waals surface area contributed by atoms with Crippen LogP contribution in [0.2, 0.25) is 0 Å². The first-order valence-corrected chi connectivity index (χ1v) is 27.9. The minimum absolute atomic E-state index is 0.00211. The molecule has 0 saturated carbocycles. The van der Waals surface area contributed by atoms with E-state index < -0.39 is 174 Å². The Morgan fingerprint density at radius 1 is 0.782 bits per heavy atom. The minimum Gasteiger partial charge on any atom is -0.459 e. The van der Waals surface area contributed by atoms with Crippen molar-refractivity contribution in [1.29, 1.82) is 0 Å². The number of ether oxygens (including phenoxy) is 1. The summed E-state index contributed by atoms with van der Waals surface area (Å²) in [6.07, 6.45) is 6.47. The molecule has 0 aromatic carbocycles. The summed E-state index contributed by atoms with van der Waals surface area (Å²) in [6.45, 7) is 6.23. The Labute approximate surface area is 456 Å². The van der Waals surface area contributed by atoms with Gasteiger partial charge < -0.3 is 73.9 Å². The lowest BCUT2D eigenvalue weighted by Crippen LogP contribution is -2.63. The molecule has 0 aromatic heterocycles. The molecule has 1 aliphatic heterocycles. The summed E-state index contributed by atoms with van der Waals surface area (Å²) in [6, 6.07) is -12.6. The van der Waals surface area contributed by atoms with E-state index in [1.54, 1.807) is 0 Å². The smallest absolute Gasteiger partial charge is 0.325 e. The van der Waals surface area contributed by atoms with Crippen molar-refractivity contribution >= 4 is 75.0 Å². The van der Waals surface area contributed by atoms with E-state index in [4.69, 9.17) is 16.2 Å². The summed E-state index contributed by atoms with van der Waals surface area (Å²) >= 11 is 0. The molecule has 78 heavy (non-hydrogen) atoms. The number of cyclic esters (lactones) is 1. The van der Waals surface area contributed by atoms with Gasteiger partial charge in [0.15, 0.2) is 0 Å². The first-order valence-electron chi connectivity index (χ1n) is 26.3. The van der Waals surface area contributed by atoms with Gasteiger partial charge in [-0.05, 0) is 57.9 Å². The highest BCUT2D eigenvalue weighted by molar-refractivity contribution is 7.85. The molecular weight excluding hydrogens is 1050 g/mol. The molecule has 9 unspecified atom stereocenters.